The molecule has 23 heavy (non-hydrogen) atoms. The van der Waals surface area contributed by atoms with Crippen LogP contribution >= 0.6 is 0 Å². The van der Waals surface area contributed by atoms with Crippen molar-refractivity contribution in [1.29, 1.82) is 0 Å². The van der Waals surface area contributed by atoms with Crippen LogP contribution < -0.4 is 5.32 Å². The van der Waals surface area contributed by atoms with E-state index in [4.69, 9.17) is 4.74 Å². The Bertz CT molecular complexity index is 552. The van der Waals surface area contributed by atoms with Crippen LogP contribution in [0.2, 0.25) is 0 Å². The molecule has 0 heterocycles. The first-order chi connectivity index (χ1) is 11.2. The van der Waals surface area contributed by atoms with Crippen molar-refractivity contribution in [2.45, 2.75) is 25.9 Å². The molecule has 0 aromatic heterocycles. The Kier molecular flexibility index (Phi) is 6.57. The molecule has 2 nitrogen and oxygen atoms in total. The topological polar surface area (TPSA) is 21.3 Å². The molecule has 0 aliphatic rings. The predicted molar refractivity (Wildman–Crippen MR) is 97.6 cm³/mol. The van der Waals surface area contributed by atoms with Gasteiger partial charge in [-0.25, -0.2) is 0 Å². The van der Waals surface area contributed by atoms with E-state index >= 15 is 0 Å². The van der Waals surface area contributed by atoms with Gasteiger partial charge in [0.25, 0.3) is 0 Å². The number of hydrogen-bond donors (Lipinski definition) is 1. The fourth-order valence-corrected chi connectivity index (χ4v) is 2.92. The molecule has 2 aromatic rings. The molecule has 0 aliphatic carbocycles. The van der Waals surface area contributed by atoms with E-state index in [1.54, 1.807) is 0 Å². The van der Waals surface area contributed by atoms with E-state index < -0.39 is 5.60 Å². The summed E-state index contributed by atoms with van der Waals surface area (Å²) in [5.74, 6) is 0. The van der Waals surface area contributed by atoms with Crippen LogP contribution in [0, 0.1) is 0 Å². The third-order valence-electron chi connectivity index (χ3n) is 3.95. The molecule has 0 saturated carbocycles. The minimum atomic E-state index is -0.417. The maximum atomic E-state index is 6.35. The Hall–Kier alpha value is -1.90. The lowest BCUT2D eigenvalue weighted by Crippen LogP contribution is -2.35. The molecule has 122 valence electrons. The van der Waals surface area contributed by atoms with Gasteiger partial charge in [-0.1, -0.05) is 72.8 Å². The lowest BCUT2D eigenvalue weighted by Gasteiger charge is -2.35. The molecular formula is C21H27NO. The van der Waals surface area contributed by atoms with Crippen LogP contribution in [-0.2, 0) is 10.3 Å². The van der Waals surface area contributed by atoms with E-state index in [-0.39, 0.29) is 0 Å². The van der Waals surface area contributed by atoms with Crippen molar-refractivity contribution in [3.05, 3.63) is 83.9 Å². The zero-order valence-electron chi connectivity index (χ0n) is 14.2. The van der Waals surface area contributed by atoms with E-state index in [0.717, 1.165) is 25.1 Å². The second-order valence-corrected chi connectivity index (χ2v) is 5.88. The Morgan fingerprint density at radius 2 is 1.52 bits per heavy atom. The Morgan fingerprint density at radius 1 is 1.00 bits per heavy atom. The van der Waals surface area contributed by atoms with Crippen LogP contribution in [-0.4, -0.2) is 19.7 Å². The molecule has 2 aromatic carbocycles. The van der Waals surface area contributed by atoms with Gasteiger partial charge < -0.3 is 10.1 Å². The van der Waals surface area contributed by atoms with Gasteiger partial charge in [0.05, 0.1) is 0 Å². The van der Waals surface area contributed by atoms with E-state index in [0.29, 0.717) is 6.61 Å². The SMILES string of the molecule is C=C(C)CNCCC(OCC)(c1ccccc1)c1ccccc1. The number of nitrogens with one attached hydrogen (secondary N) is 1. The fourth-order valence-electron chi connectivity index (χ4n) is 2.92. The van der Waals surface area contributed by atoms with Crippen molar-refractivity contribution in [2.24, 2.45) is 0 Å². The Labute approximate surface area is 140 Å². The van der Waals surface area contributed by atoms with E-state index in [1.165, 1.54) is 11.1 Å². The van der Waals surface area contributed by atoms with Gasteiger partial charge >= 0.3 is 0 Å². The molecule has 0 bridgehead atoms. The smallest absolute Gasteiger partial charge is 0.119 e. The van der Waals surface area contributed by atoms with Gasteiger partial charge in [0.15, 0.2) is 0 Å². The molecule has 0 amide bonds. The Balaban J connectivity index is 2.33. The summed E-state index contributed by atoms with van der Waals surface area (Å²) in [4.78, 5) is 0. The van der Waals surface area contributed by atoms with Crippen LogP contribution in [0.4, 0.5) is 0 Å². The quantitative estimate of drug-likeness (QED) is 0.543. The normalized spacial score (nSPS) is 11.4. The van der Waals surface area contributed by atoms with Gasteiger partial charge in [0.2, 0.25) is 0 Å². The molecule has 0 aliphatic heterocycles. The van der Waals surface area contributed by atoms with Crippen LogP contribution in [0.25, 0.3) is 0 Å². The maximum absolute atomic E-state index is 6.35. The largest absolute Gasteiger partial charge is 0.366 e. The van der Waals surface area contributed by atoms with Gasteiger partial charge in [-0.15, -0.1) is 0 Å². The summed E-state index contributed by atoms with van der Waals surface area (Å²) < 4.78 is 6.35. The Morgan fingerprint density at radius 3 is 1.96 bits per heavy atom. The first-order valence-corrected chi connectivity index (χ1v) is 8.29. The number of benzene rings is 2. The van der Waals surface area contributed by atoms with Crippen LogP contribution in [0.1, 0.15) is 31.4 Å². The monoisotopic (exact) mass is 309 g/mol. The molecule has 0 unspecified atom stereocenters. The summed E-state index contributed by atoms with van der Waals surface area (Å²) in [6.45, 7) is 10.4. The molecule has 1 N–H and O–H groups in total. The highest BCUT2D eigenvalue weighted by atomic mass is 16.5. The van der Waals surface area contributed by atoms with Crippen molar-refractivity contribution in [3.8, 4) is 0 Å². The standard InChI is InChI=1S/C21H27NO/c1-4-23-21(15-16-22-17-18(2)3,19-11-7-5-8-12-19)20-13-9-6-10-14-20/h5-14,22H,2,4,15-17H2,1,3H3. The molecule has 0 spiro atoms. The van der Waals surface area contributed by atoms with Gasteiger partial charge in [0, 0.05) is 13.2 Å². The molecular weight excluding hydrogens is 282 g/mol. The number of ether oxygens (including phenoxy) is 1. The van der Waals surface area contributed by atoms with Crippen molar-refractivity contribution in [1.82, 2.24) is 5.32 Å². The number of rotatable bonds is 9. The van der Waals surface area contributed by atoms with E-state index in [9.17, 15) is 0 Å². The third kappa shape index (κ3) is 4.54. The summed E-state index contributed by atoms with van der Waals surface area (Å²) in [5, 5.41) is 3.46. The third-order valence-corrected chi connectivity index (χ3v) is 3.95. The second-order valence-electron chi connectivity index (χ2n) is 5.88. The van der Waals surface area contributed by atoms with Crippen LogP contribution in [0.5, 0.6) is 0 Å². The summed E-state index contributed by atoms with van der Waals surface area (Å²) in [7, 11) is 0. The lowest BCUT2D eigenvalue weighted by atomic mass is 9.83. The highest BCUT2D eigenvalue weighted by Crippen LogP contribution is 2.36. The molecule has 0 atom stereocenters. The van der Waals surface area contributed by atoms with E-state index in [1.807, 2.05) is 19.1 Å². The summed E-state index contributed by atoms with van der Waals surface area (Å²) >= 11 is 0. The highest BCUT2D eigenvalue weighted by molar-refractivity contribution is 5.36. The summed E-state index contributed by atoms with van der Waals surface area (Å²) in [6.07, 6.45) is 0.877. The number of hydrogen-bond acceptors (Lipinski definition) is 2. The van der Waals surface area contributed by atoms with Gasteiger partial charge in [-0.05, 0) is 37.9 Å². The average molecular weight is 309 g/mol. The molecule has 0 saturated heterocycles. The fraction of sp³-hybridized carbons (Fsp3) is 0.333. The van der Waals surface area contributed by atoms with Gasteiger partial charge in [-0.3, -0.25) is 0 Å². The highest BCUT2D eigenvalue weighted by Gasteiger charge is 2.34. The van der Waals surface area contributed by atoms with Crippen molar-refractivity contribution in [2.75, 3.05) is 19.7 Å². The first kappa shape index (κ1) is 17.5. The van der Waals surface area contributed by atoms with Gasteiger partial charge in [0.1, 0.15) is 5.60 Å². The maximum Gasteiger partial charge on any atom is 0.119 e. The van der Waals surface area contributed by atoms with Gasteiger partial charge in [-0.2, -0.15) is 0 Å². The summed E-state index contributed by atoms with van der Waals surface area (Å²) in [5.41, 5.74) is 3.13. The van der Waals surface area contributed by atoms with Crippen LogP contribution in [0.3, 0.4) is 0 Å². The second kappa shape index (κ2) is 8.66. The molecule has 0 fully saturated rings. The molecule has 0 radical (unpaired) electrons. The zero-order valence-corrected chi connectivity index (χ0v) is 14.2. The average Bonchev–Trinajstić information content (AvgIpc) is 2.59. The minimum Gasteiger partial charge on any atom is -0.366 e. The predicted octanol–water partition coefficient (Wildman–Crippen LogP) is 4.52. The molecule has 2 heteroatoms. The van der Waals surface area contributed by atoms with Crippen molar-refractivity contribution >= 4 is 0 Å². The summed E-state index contributed by atoms with van der Waals surface area (Å²) in [6, 6.07) is 21.0. The molecule has 2 rings (SSSR count). The van der Waals surface area contributed by atoms with Crippen molar-refractivity contribution in [3.63, 3.8) is 0 Å². The van der Waals surface area contributed by atoms with Crippen LogP contribution in [0.15, 0.2) is 72.8 Å². The minimum absolute atomic E-state index is 0.417. The zero-order chi connectivity index (χ0) is 16.5. The van der Waals surface area contributed by atoms with Crippen molar-refractivity contribution < 1.29 is 4.74 Å². The first-order valence-electron chi connectivity index (χ1n) is 8.29. The lowest BCUT2D eigenvalue weighted by molar-refractivity contribution is -0.0171. The van der Waals surface area contributed by atoms with E-state index in [2.05, 4.69) is 67.4 Å².